The average Bonchev–Trinajstić information content (AvgIpc) is 2.98. The highest BCUT2D eigenvalue weighted by Crippen LogP contribution is 2.63. The van der Waals surface area contributed by atoms with Crippen molar-refractivity contribution in [2.24, 2.45) is 0 Å². The fraction of sp³-hybridized carbons (Fsp3) is 0.350. The van der Waals surface area contributed by atoms with Crippen molar-refractivity contribution < 1.29 is 31.8 Å². The maximum atomic E-state index is 13.3. The summed E-state index contributed by atoms with van der Waals surface area (Å²) in [5.41, 5.74) is 0.877. The minimum atomic E-state index is -3.88. The van der Waals surface area contributed by atoms with Crippen molar-refractivity contribution in [3.63, 3.8) is 0 Å². The first kappa shape index (κ1) is 21.6. The number of carbonyl (C=O) groups is 1. The minimum absolute atomic E-state index is 0.104. The Morgan fingerprint density at radius 2 is 1.86 bits per heavy atom. The number of esters is 1. The summed E-state index contributed by atoms with van der Waals surface area (Å²) in [5.74, 6) is -0.418. The van der Waals surface area contributed by atoms with E-state index in [2.05, 4.69) is 0 Å². The fourth-order valence-corrected chi connectivity index (χ4v) is 7.94. The number of hydrogen-bond acceptors (Lipinski definition) is 7. The number of sulfone groups is 1. The van der Waals surface area contributed by atoms with E-state index in [4.69, 9.17) is 9.47 Å². The lowest BCUT2D eigenvalue weighted by atomic mass is 10.0. The van der Waals surface area contributed by atoms with Crippen LogP contribution in [0.15, 0.2) is 52.3 Å². The number of hydrogen-bond donors (Lipinski definition) is 2. The molecule has 0 aromatic heterocycles. The summed E-state index contributed by atoms with van der Waals surface area (Å²) in [5, 5.41) is -1.15. The number of ether oxygens (including phenoxy) is 2. The van der Waals surface area contributed by atoms with Gasteiger partial charge in [0.15, 0.2) is 9.84 Å². The molecule has 0 spiro atoms. The van der Waals surface area contributed by atoms with E-state index < -0.39 is 25.7 Å². The Labute approximate surface area is 171 Å². The largest absolute Gasteiger partial charge is 0.496 e. The second-order valence-corrected chi connectivity index (χ2v) is 10.9. The molecule has 2 N–H and O–H groups in total. The number of fused-ring (bicyclic) bond motifs is 1. The third-order valence-corrected chi connectivity index (χ3v) is 9.00. The second kappa shape index (κ2) is 8.35. The van der Waals surface area contributed by atoms with Crippen molar-refractivity contribution in [3.8, 4) is 5.75 Å². The van der Waals surface area contributed by atoms with Crippen LogP contribution in [0.4, 0.5) is 0 Å². The van der Waals surface area contributed by atoms with Gasteiger partial charge in [0.25, 0.3) is 0 Å². The van der Waals surface area contributed by atoms with Gasteiger partial charge in [-0.1, -0.05) is 24.3 Å². The summed E-state index contributed by atoms with van der Waals surface area (Å²) >= 11 is 0. The quantitative estimate of drug-likeness (QED) is 0.630. The van der Waals surface area contributed by atoms with Gasteiger partial charge in [-0.3, -0.25) is 13.9 Å². The summed E-state index contributed by atoms with van der Waals surface area (Å²) in [6.07, 6.45) is 0.391. The molecule has 1 aliphatic rings. The Hall–Kier alpha value is -2.07. The molecule has 158 valence electrons. The highest BCUT2D eigenvalue weighted by Gasteiger charge is 2.45. The summed E-state index contributed by atoms with van der Waals surface area (Å²) < 4.78 is 58.2. The van der Waals surface area contributed by atoms with Crippen molar-refractivity contribution >= 4 is 26.4 Å². The molecular weight excluding hydrogens is 416 g/mol. The summed E-state index contributed by atoms with van der Waals surface area (Å²) in [6.45, 7) is 2.00. The molecule has 2 aromatic rings. The standard InChI is InChI=1S/C20H24O7S2/c1-3-27-18(21)12-10-14-9-11-16-19(20(14)26-2)17(13-28(16,22)23)29(24,25)15-7-5-4-6-8-15/h4-9,11,17,22-23H,3,10,12-13H2,1-2H3. The molecule has 1 heterocycles. The van der Waals surface area contributed by atoms with Crippen LogP contribution < -0.4 is 4.74 Å². The van der Waals surface area contributed by atoms with Gasteiger partial charge < -0.3 is 9.47 Å². The van der Waals surface area contributed by atoms with Crippen LogP contribution in [0.3, 0.4) is 0 Å². The van der Waals surface area contributed by atoms with E-state index in [0.717, 1.165) is 0 Å². The Morgan fingerprint density at radius 1 is 1.17 bits per heavy atom. The number of methoxy groups -OCH3 is 1. The van der Waals surface area contributed by atoms with E-state index in [1.807, 2.05) is 0 Å². The van der Waals surface area contributed by atoms with Crippen LogP contribution in [0.1, 0.15) is 29.7 Å². The van der Waals surface area contributed by atoms with Crippen molar-refractivity contribution in [1.82, 2.24) is 0 Å². The first-order valence-electron chi connectivity index (χ1n) is 9.12. The van der Waals surface area contributed by atoms with Gasteiger partial charge >= 0.3 is 5.97 Å². The molecule has 0 amide bonds. The van der Waals surface area contributed by atoms with E-state index in [0.29, 0.717) is 5.56 Å². The topological polar surface area (TPSA) is 110 Å². The lowest BCUT2D eigenvalue weighted by Crippen LogP contribution is -2.16. The number of benzene rings is 2. The molecule has 1 atom stereocenters. The second-order valence-electron chi connectivity index (χ2n) is 6.65. The van der Waals surface area contributed by atoms with Gasteiger partial charge in [0.2, 0.25) is 0 Å². The van der Waals surface area contributed by atoms with Crippen LogP contribution in [-0.2, 0) is 25.8 Å². The van der Waals surface area contributed by atoms with E-state index in [9.17, 15) is 22.3 Å². The van der Waals surface area contributed by atoms with E-state index in [1.54, 1.807) is 31.2 Å². The number of aryl methyl sites for hydroxylation is 1. The molecule has 0 bridgehead atoms. The van der Waals surface area contributed by atoms with E-state index in [1.165, 1.54) is 25.3 Å². The molecule has 29 heavy (non-hydrogen) atoms. The maximum Gasteiger partial charge on any atom is 0.306 e. The van der Waals surface area contributed by atoms with Gasteiger partial charge in [0, 0.05) is 12.0 Å². The Balaban J connectivity index is 2.08. The lowest BCUT2D eigenvalue weighted by Gasteiger charge is -2.27. The zero-order valence-corrected chi connectivity index (χ0v) is 17.8. The Morgan fingerprint density at radius 3 is 2.48 bits per heavy atom. The zero-order valence-electron chi connectivity index (χ0n) is 16.2. The van der Waals surface area contributed by atoms with Crippen LogP contribution >= 0.6 is 10.6 Å². The first-order chi connectivity index (χ1) is 13.7. The Kier molecular flexibility index (Phi) is 6.23. The summed E-state index contributed by atoms with van der Waals surface area (Å²) in [7, 11) is -5.77. The lowest BCUT2D eigenvalue weighted by molar-refractivity contribution is -0.143. The SMILES string of the molecule is CCOC(=O)CCc1ccc2c(c1OC)C(S(=O)(=O)c1ccccc1)CS2(O)O. The Bertz CT molecular complexity index is 1000. The highest BCUT2D eigenvalue weighted by molar-refractivity contribution is 8.25. The molecule has 0 saturated carbocycles. The molecule has 0 saturated heterocycles. The molecule has 2 aromatic carbocycles. The molecule has 9 heteroatoms. The maximum absolute atomic E-state index is 13.3. The van der Waals surface area contributed by atoms with Crippen LogP contribution in [0.2, 0.25) is 0 Å². The molecule has 3 rings (SSSR count). The normalized spacial score (nSPS) is 18.7. The number of rotatable bonds is 7. The van der Waals surface area contributed by atoms with Crippen LogP contribution in [0.25, 0.3) is 0 Å². The van der Waals surface area contributed by atoms with Gasteiger partial charge in [-0.05, 0) is 37.1 Å². The highest BCUT2D eigenvalue weighted by atomic mass is 32.3. The molecule has 1 aliphatic heterocycles. The van der Waals surface area contributed by atoms with Gasteiger partial charge in [0.05, 0.1) is 29.3 Å². The predicted molar refractivity (Wildman–Crippen MR) is 110 cm³/mol. The van der Waals surface area contributed by atoms with Crippen molar-refractivity contribution in [2.75, 3.05) is 19.5 Å². The summed E-state index contributed by atoms with van der Waals surface area (Å²) in [6, 6.07) is 11.1. The monoisotopic (exact) mass is 440 g/mol. The molecule has 1 unspecified atom stereocenters. The van der Waals surface area contributed by atoms with Crippen molar-refractivity contribution in [1.29, 1.82) is 0 Å². The van der Waals surface area contributed by atoms with Crippen molar-refractivity contribution in [3.05, 3.63) is 53.6 Å². The summed E-state index contributed by atoms with van der Waals surface area (Å²) in [4.78, 5) is 12.0. The average molecular weight is 441 g/mol. The smallest absolute Gasteiger partial charge is 0.306 e. The van der Waals surface area contributed by atoms with E-state index in [-0.39, 0.29) is 52.3 Å². The molecule has 0 radical (unpaired) electrons. The molecular formula is C20H24O7S2. The van der Waals surface area contributed by atoms with Crippen LogP contribution in [0, 0.1) is 0 Å². The zero-order chi connectivity index (χ0) is 21.2. The molecule has 0 aliphatic carbocycles. The van der Waals surface area contributed by atoms with Gasteiger partial charge in [0.1, 0.15) is 11.0 Å². The van der Waals surface area contributed by atoms with E-state index >= 15 is 0 Å². The number of carbonyl (C=O) groups excluding carboxylic acids is 1. The minimum Gasteiger partial charge on any atom is -0.496 e. The van der Waals surface area contributed by atoms with Gasteiger partial charge in [-0.2, -0.15) is 10.6 Å². The molecule has 7 nitrogen and oxygen atoms in total. The van der Waals surface area contributed by atoms with Crippen LogP contribution in [-0.4, -0.2) is 43.0 Å². The molecule has 0 fully saturated rings. The van der Waals surface area contributed by atoms with Gasteiger partial charge in [-0.15, -0.1) is 0 Å². The third-order valence-electron chi connectivity index (χ3n) is 4.85. The third kappa shape index (κ3) is 4.13. The predicted octanol–water partition coefficient (Wildman–Crippen LogP) is 3.83. The van der Waals surface area contributed by atoms with Gasteiger partial charge in [-0.25, -0.2) is 8.42 Å². The first-order valence-corrected chi connectivity index (χ1v) is 12.4. The van der Waals surface area contributed by atoms with Crippen LogP contribution in [0.5, 0.6) is 5.75 Å². The fourth-order valence-electron chi connectivity index (χ4n) is 3.53. The van der Waals surface area contributed by atoms with Crippen molar-refractivity contribution in [2.45, 2.75) is 34.8 Å².